The minimum Gasteiger partial charge on any atom is -0.378 e. The Hall–Kier alpha value is -3.73. The number of amides is 2. The van der Waals surface area contributed by atoms with Crippen LogP contribution in [0.5, 0.6) is 0 Å². The molecule has 2 aromatic carbocycles. The summed E-state index contributed by atoms with van der Waals surface area (Å²) in [4.78, 5) is 26.3. The molecule has 0 unspecified atom stereocenters. The van der Waals surface area contributed by atoms with Crippen molar-refractivity contribution in [3.8, 4) is 11.1 Å². The van der Waals surface area contributed by atoms with Gasteiger partial charge in [-0.1, -0.05) is 23.5 Å². The van der Waals surface area contributed by atoms with Crippen LogP contribution in [0.25, 0.3) is 21.3 Å². The molecule has 2 atom stereocenters. The SMILES string of the molecule is C[C@@H]1CN(c2nc3c(N4CCOCC4)cc(-c4ccc(NC(=O)Nc5cccnc5)cc4)cc3s2)C[C@H](C)O1. The number of hydrogen-bond donors (Lipinski definition) is 2. The molecule has 2 N–H and O–H groups in total. The van der Waals surface area contributed by atoms with E-state index in [0.717, 1.165) is 58.3 Å². The second-order valence-electron chi connectivity index (χ2n) is 10.00. The molecule has 2 saturated heterocycles. The Morgan fingerprint density at radius 2 is 1.69 bits per heavy atom. The summed E-state index contributed by atoms with van der Waals surface area (Å²) in [5.74, 6) is 0. The average Bonchev–Trinajstić information content (AvgIpc) is 3.38. The van der Waals surface area contributed by atoms with Gasteiger partial charge in [0, 0.05) is 38.1 Å². The topological polar surface area (TPSA) is 91.9 Å². The standard InChI is InChI=1S/C29H32N6O3S/c1-19-17-35(18-20(2)38-19)29-33-27-25(34-10-12-37-13-11-34)14-22(15-26(27)39-29)21-5-7-23(8-6-21)31-28(36)32-24-4-3-9-30-16-24/h3-9,14-16,19-20H,10-13,17-18H2,1-2H3,(H2,31,32,36)/t19-,20+. The fraction of sp³-hybridized carbons (Fsp3) is 0.345. The molecule has 0 saturated carbocycles. The highest BCUT2D eigenvalue weighted by molar-refractivity contribution is 7.22. The summed E-state index contributed by atoms with van der Waals surface area (Å²) in [5.41, 5.74) is 5.73. The van der Waals surface area contributed by atoms with Gasteiger partial charge in [-0.3, -0.25) is 4.98 Å². The number of hydrogen-bond acceptors (Lipinski definition) is 8. The van der Waals surface area contributed by atoms with Crippen LogP contribution >= 0.6 is 11.3 Å². The Morgan fingerprint density at radius 3 is 2.41 bits per heavy atom. The Kier molecular flexibility index (Phi) is 7.32. The first-order chi connectivity index (χ1) is 19.0. The van der Waals surface area contributed by atoms with Crippen LogP contribution in [0.3, 0.4) is 0 Å². The van der Waals surface area contributed by atoms with E-state index in [9.17, 15) is 4.79 Å². The van der Waals surface area contributed by atoms with Crippen LogP contribution in [-0.4, -0.2) is 67.6 Å². The third kappa shape index (κ3) is 5.83. The van der Waals surface area contributed by atoms with Crippen molar-refractivity contribution >= 4 is 49.8 Å². The largest absolute Gasteiger partial charge is 0.378 e. The van der Waals surface area contributed by atoms with E-state index in [1.54, 1.807) is 35.9 Å². The summed E-state index contributed by atoms with van der Waals surface area (Å²) in [5, 5.41) is 6.71. The van der Waals surface area contributed by atoms with Crippen molar-refractivity contribution in [2.24, 2.45) is 0 Å². The van der Waals surface area contributed by atoms with Gasteiger partial charge in [0.05, 0.1) is 47.7 Å². The lowest BCUT2D eigenvalue weighted by atomic mass is 10.0. The molecule has 202 valence electrons. The fourth-order valence-electron chi connectivity index (χ4n) is 5.16. The molecule has 2 amide bonds. The molecule has 39 heavy (non-hydrogen) atoms. The van der Waals surface area contributed by atoms with Crippen molar-refractivity contribution in [2.45, 2.75) is 26.1 Å². The van der Waals surface area contributed by atoms with Crippen molar-refractivity contribution in [3.05, 3.63) is 60.9 Å². The number of benzene rings is 2. The molecule has 10 heteroatoms. The zero-order chi connectivity index (χ0) is 26.8. The monoisotopic (exact) mass is 544 g/mol. The number of anilines is 4. The summed E-state index contributed by atoms with van der Waals surface area (Å²) >= 11 is 1.74. The number of pyridine rings is 1. The lowest BCUT2D eigenvalue weighted by molar-refractivity contribution is -0.00521. The molecule has 0 bridgehead atoms. The number of nitrogens with zero attached hydrogens (tertiary/aromatic N) is 4. The predicted molar refractivity (Wildman–Crippen MR) is 157 cm³/mol. The van der Waals surface area contributed by atoms with Gasteiger partial charge in [-0.15, -0.1) is 0 Å². The third-order valence-electron chi connectivity index (χ3n) is 6.90. The molecule has 0 radical (unpaired) electrons. The Morgan fingerprint density at radius 1 is 0.949 bits per heavy atom. The molecule has 9 nitrogen and oxygen atoms in total. The van der Waals surface area contributed by atoms with E-state index in [0.29, 0.717) is 24.6 Å². The van der Waals surface area contributed by atoms with E-state index >= 15 is 0 Å². The van der Waals surface area contributed by atoms with E-state index in [1.807, 2.05) is 24.3 Å². The molecule has 0 aliphatic carbocycles. The second kappa shape index (κ2) is 11.2. The Bertz CT molecular complexity index is 1430. The van der Waals surface area contributed by atoms with Gasteiger partial charge in [-0.25, -0.2) is 9.78 Å². The van der Waals surface area contributed by atoms with Crippen molar-refractivity contribution in [1.29, 1.82) is 0 Å². The molecule has 2 aliphatic heterocycles. The van der Waals surface area contributed by atoms with E-state index < -0.39 is 0 Å². The Labute approximate surface area is 231 Å². The van der Waals surface area contributed by atoms with Crippen LogP contribution in [0.4, 0.5) is 27.0 Å². The summed E-state index contributed by atoms with van der Waals surface area (Å²) in [7, 11) is 0. The predicted octanol–water partition coefficient (Wildman–Crippen LogP) is 5.45. The number of aromatic nitrogens is 2. The van der Waals surface area contributed by atoms with Crippen molar-refractivity contribution in [3.63, 3.8) is 0 Å². The summed E-state index contributed by atoms with van der Waals surface area (Å²) < 4.78 is 12.7. The number of nitrogens with one attached hydrogen (secondary N) is 2. The molecule has 4 aromatic rings. The number of carbonyl (C=O) groups is 1. The number of ether oxygens (including phenoxy) is 2. The molecule has 0 spiro atoms. The van der Waals surface area contributed by atoms with E-state index in [2.05, 4.69) is 51.4 Å². The molecular weight excluding hydrogens is 512 g/mol. The molecule has 4 heterocycles. The molecule has 6 rings (SSSR count). The maximum Gasteiger partial charge on any atom is 0.323 e. The maximum atomic E-state index is 12.4. The maximum absolute atomic E-state index is 12.4. The highest BCUT2D eigenvalue weighted by atomic mass is 32.1. The summed E-state index contributed by atoms with van der Waals surface area (Å²) in [6.07, 6.45) is 3.62. The zero-order valence-corrected chi connectivity index (χ0v) is 22.9. The highest BCUT2D eigenvalue weighted by Gasteiger charge is 2.26. The van der Waals surface area contributed by atoms with Crippen LogP contribution in [0.15, 0.2) is 60.9 Å². The first-order valence-electron chi connectivity index (χ1n) is 13.3. The van der Waals surface area contributed by atoms with Crippen LogP contribution < -0.4 is 20.4 Å². The fourth-order valence-corrected chi connectivity index (χ4v) is 6.20. The van der Waals surface area contributed by atoms with Gasteiger partial charge in [0.1, 0.15) is 5.52 Å². The third-order valence-corrected chi connectivity index (χ3v) is 7.96. The van der Waals surface area contributed by atoms with Crippen LogP contribution in [0, 0.1) is 0 Å². The smallest absolute Gasteiger partial charge is 0.323 e. The Balaban J connectivity index is 1.28. The summed E-state index contributed by atoms with van der Waals surface area (Å²) in [6, 6.07) is 15.6. The number of morpholine rings is 2. The van der Waals surface area contributed by atoms with E-state index in [1.165, 1.54) is 0 Å². The van der Waals surface area contributed by atoms with E-state index in [-0.39, 0.29) is 18.2 Å². The number of thiazole rings is 1. The lowest BCUT2D eigenvalue weighted by Crippen LogP contribution is -2.45. The van der Waals surface area contributed by atoms with Gasteiger partial charge in [0.2, 0.25) is 0 Å². The molecule has 2 aromatic heterocycles. The van der Waals surface area contributed by atoms with Gasteiger partial charge < -0.3 is 29.9 Å². The van der Waals surface area contributed by atoms with Crippen molar-refractivity contribution in [2.75, 3.05) is 59.8 Å². The molecule has 2 aliphatic rings. The molecular formula is C29H32N6O3S. The first-order valence-corrected chi connectivity index (χ1v) is 14.1. The number of fused-ring (bicyclic) bond motifs is 1. The zero-order valence-electron chi connectivity index (χ0n) is 22.1. The number of urea groups is 1. The summed E-state index contributed by atoms with van der Waals surface area (Å²) in [6.45, 7) is 9.02. The lowest BCUT2D eigenvalue weighted by Gasteiger charge is -2.35. The number of carbonyl (C=O) groups excluding carboxylic acids is 1. The minimum atomic E-state index is -0.310. The molecule has 2 fully saturated rings. The van der Waals surface area contributed by atoms with Gasteiger partial charge >= 0.3 is 6.03 Å². The number of rotatable bonds is 5. The van der Waals surface area contributed by atoms with Gasteiger partial charge in [-0.05, 0) is 61.4 Å². The van der Waals surface area contributed by atoms with Crippen LogP contribution in [-0.2, 0) is 9.47 Å². The van der Waals surface area contributed by atoms with E-state index in [4.69, 9.17) is 14.5 Å². The van der Waals surface area contributed by atoms with Crippen molar-refractivity contribution < 1.29 is 14.3 Å². The van der Waals surface area contributed by atoms with Crippen LogP contribution in [0.2, 0.25) is 0 Å². The second-order valence-corrected chi connectivity index (χ2v) is 11.0. The van der Waals surface area contributed by atoms with Gasteiger partial charge in [-0.2, -0.15) is 0 Å². The van der Waals surface area contributed by atoms with Gasteiger partial charge in [0.15, 0.2) is 5.13 Å². The first kappa shape index (κ1) is 25.5. The normalized spacial score (nSPS) is 19.7. The quantitative estimate of drug-likeness (QED) is 0.345. The highest BCUT2D eigenvalue weighted by Crippen LogP contribution is 2.39. The van der Waals surface area contributed by atoms with Gasteiger partial charge in [0.25, 0.3) is 0 Å². The minimum absolute atomic E-state index is 0.175. The van der Waals surface area contributed by atoms with Crippen molar-refractivity contribution in [1.82, 2.24) is 9.97 Å². The van der Waals surface area contributed by atoms with Crippen LogP contribution in [0.1, 0.15) is 13.8 Å². The average molecular weight is 545 g/mol.